The van der Waals surface area contributed by atoms with Crippen LogP contribution in [-0.2, 0) is 19.1 Å². The minimum Gasteiger partial charge on any atom is -0.465 e. The van der Waals surface area contributed by atoms with Crippen molar-refractivity contribution in [3.8, 4) is 0 Å². The van der Waals surface area contributed by atoms with Gasteiger partial charge in [0.15, 0.2) is 0 Å². The lowest BCUT2D eigenvalue weighted by Crippen LogP contribution is -2.34. The van der Waals surface area contributed by atoms with E-state index in [1.54, 1.807) is 0 Å². The van der Waals surface area contributed by atoms with Gasteiger partial charge >= 0.3 is 11.9 Å². The maximum Gasteiger partial charge on any atom is 0.310 e. The van der Waals surface area contributed by atoms with Gasteiger partial charge in [0.2, 0.25) is 0 Å². The predicted molar refractivity (Wildman–Crippen MR) is 119 cm³/mol. The SMILES string of the molecule is CCCCCCCCCCCOC(=O)C1CC=CCC1C(=O)OCCCC(C)C. The zero-order chi connectivity index (χ0) is 21.3. The number of esters is 2. The van der Waals surface area contributed by atoms with Gasteiger partial charge in [-0.25, -0.2) is 0 Å². The molecule has 2 atom stereocenters. The predicted octanol–water partition coefficient (Wildman–Crippen LogP) is 6.62. The molecule has 0 aliphatic heterocycles. The van der Waals surface area contributed by atoms with Crippen LogP contribution in [0.5, 0.6) is 0 Å². The van der Waals surface area contributed by atoms with Crippen molar-refractivity contribution in [1.29, 1.82) is 0 Å². The summed E-state index contributed by atoms with van der Waals surface area (Å²) in [4.78, 5) is 24.9. The van der Waals surface area contributed by atoms with Crippen LogP contribution < -0.4 is 0 Å². The normalized spacial score (nSPS) is 18.8. The van der Waals surface area contributed by atoms with Crippen molar-refractivity contribution >= 4 is 11.9 Å². The number of allylic oxidation sites excluding steroid dienone is 2. The minimum atomic E-state index is -0.394. The number of carbonyl (C=O) groups is 2. The maximum absolute atomic E-state index is 12.5. The summed E-state index contributed by atoms with van der Waals surface area (Å²) in [7, 11) is 0. The molecule has 0 heterocycles. The van der Waals surface area contributed by atoms with Crippen molar-refractivity contribution < 1.29 is 19.1 Å². The monoisotopic (exact) mass is 408 g/mol. The van der Waals surface area contributed by atoms with Crippen LogP contribution in [0.25, 0.3) is 0 Å². The van der Waals surface area contributed by atoms with Gasteiger partial charge in [0, 0.05) is 0 Å². The first-order chi connectivity index (χ1) is 14.1. The zero-order valence-electron chi connectivity index (χ0n) is 19.1. The fraction of sp³-hybridized carbons (Fsp3) is 0.840. The highest BCUT2D eigenvalue weighted by Crippen LogP contribution is 2.28. The molecule has 4 nitrogen and oxygen atoms in total. The largest absolute Gasteiger partial charge is 0.465 e. The van der Waals surface area contributed by atoms with Gasteiger partial charge in [0.25, 0.3) is 0 Å². The van der Waals surface area contributed by atoms with Crippen LogP contribution in [0.3, 0.4) is 0 Å². The molecular formula is C25H44O4. The van der Waals surface area contributed by atoms with Gasteiger partial charge < -0.3 is 9.47 Å². The van der Waals surface area contributed by atoms with Gasteiger partial charge in [-0.2, -0.15) is 0 Å². The summed E-state index contributed by atoms with van der Waals surface area (Å²) >= 11 is 0. The molecule has 29 heavy (non-hydrogen) atoms. The van der Waals surface area contributed by atoms with Crippen molar-refractivity contribution in [2.75, 3.05) is 13.2 Å². The molecular weight excluding hydrogens is 364 g/mol. The molecule has 0 aromatic heterocycles. The Labute approximate surface area is 178 Å². The molecule has 0 bridgehead atoms. The second-order valence-corrected chi connectivity index (χ2v) is 8.86. The van der Waals surface area contributed by atoms with E-state index < -0.39 is 11.8 Å². The van der Waals surface area contributed by atoms with E-state index in [1.165, 1.54) is 44.9 Å². The molecule has 4 heteroatoms. The maximum atomic E-state index is 12.5. The molecule has 1 aliphatic carbocycles. The molecule has 0 fully saturated rings. The summed E-state index contributed by atoms with van der Waals surface area (Å²) < 4.78 is 10.9. The number of ether oxygens (including phenoxy) is 2. The Kier molecular flexibility index (Phi) is 14.6. The lowest BCUT2D eigenvalue weighted by atomic mass is 9.83. The first-order valence-corrected chi connectivity index (χ1v) is 12.0. The van der Waals surface area contributed by atoms with Crippen LogP contribution in [0.1, 0.15) is 104 Å². The molecule has 0 saturated heterocycles. The van der Waals surface area contributed by atoms with Crippen molar-refractivity contribution in [3.63, 3.8) is 0 Å². The van der Waals surface area contributed by atoms with Gasteiger partial charge in [-0.3, -0.25) is 9.59 Å². The van der Waals surface area contributed by atoms with Crippen LogP contribution in [0.2, 0.25) is 0 Å². The number of unbranched alkanes of at least 4 members (excludes halogenated alkanes) is 8. The standard InChI is InChI=1S/C25H44O4/c1-4-5-6-7-8-9-10-11-14-19-28-24(26)22-17-12-13-18-23(22)25(27)29-20-15-16-21(2)3/h12-13,21-23H,4-11,14-20H2,1-3H3. The molecule has 1 rings (SSSR count). The van der Waals surface area contributed by atoms with Crippen molar-refractivity contribution in [1.82, 2.24) is 0 Å². The molecule has 0 N–H and O–H groups in total. The third kappa shape index (κ3) is 12.1. The Hall–Kier alpha value is -1.32. The molecule has 2 unspecified atom stereocenters. The summed E-state index contributed by atoms with van der Waals surface area (Å²) in [5.74, 6) is -0.665. The van der Waals surface area contributed by atoms with E-state index in [1.807, 2.05) is 12.2 Å². The Morgan fingerprint density at radius 2 is 1.21 bits per heavy atom. The van der Waals surface area contributed by atoms with Crippen molar-refractivity contribution in [2.24, 2.45) is 17.8 Å². The summed E-state index contributed by atoms with van der Waals surface area (Å²) in [6, 6.07) is 0. The topological polar surface area (TPSA) is 52.6 Å². The average Bonchev–Trinajstić information content (AvgIpc) is 2.72. The van der Waals surface area contributed by atoms with Gasteiger partial charge in [0.1, 0.15) is 0 Å². The number of hydrogen-bond acceptors (Lipinski definition) is 4. The van der Waals surface area contributed by atoms with E-state index in [0.717, 1.165) is 25.7 Å². The first kappa shape index (κ1) is 25.7. The molecule has 168 valence electrons. The lowest BCUT2D eigenvalue weighted by Gasteiger charge is -2.25. The average molecular weight is 409 g/mol. The smallest absolute Gasteiger partial charge is 0.310 e. The Morgan fingerprint density at radius 3 is 1.69 bits per heavy atom. The van der Waals surface area contributed by atoms with E-state index >= 15 is 0 Å². The first-order valence-electron chi connectivity index (χ1n) is 12.0. The van der Waals surface area contributed by atoms with E-state index in [-0.39, 0.29) is 11.9 Å². The number of carbonyl (C=O) groups excluding carboxylic acids is 2. The zero-order valence-corrected chi connectivity index (χ0v) is 19.1. The van der Waals surface area contributed by atoms with Crippen molar-refractivity contribution in [2.45, 2.75) is 104 Å². The quantitative estimate of drug-likeness (QED) is 0.163. The van der Waals surface area contributed by atoms with Gasteiger partial charge in [0.05, 0.1) is 25.0 Å². The van der Waals surface area contributed by atoms with E-state index in [0.29, 0.717) is 32.0 Å². The Morgan fingerprint density at radius 1 is 0.759 bits per heavy atom. The Bertz CT molecular complexity index is 469. The van der Waals surface area contributed by atoms with Crippen LogP contribution in [0, 0.1) is 17.8 Å². The van der Waals surface area contributed by atoms with Crippen LogP contribution in [0.15, 0.2) is 12.2 Å². The molecule has 0 radical (unpaired) electrons. The Balaban J connectivity index is 2.20. The third-order valence-electron chi connectivity index (χ3n) is 5.70. The van der Waals surface area contributed by atoms with Crippen LogP contribution in [-0.4, -0.2) is 25.2 Å². The van der Waals surface area contributed by atoms with Crippen molar-refractivity contribution in [3.05, 3.63) is 12.2 Å². The van der Waals surface area contributed by atoms with E-state index in [9.17, 15) is 9.59 Å². The molecule has 0 amide bonds. The summed E-state index contributed by atoms with van der Waals surface area (Å²) in [6.07, 6.45) is 18.2. The minimum absolute atomic E-state index is 0.238. The van der Waals surface area contributed by atoms with Gasteiger partial charge in [-0.15, -0.1) is 0 Å². The lowest BCUT2D eigenvalue weighted by molar-refractivity contribution is -0.161. The fourth-order valence-corrected chi connectivity index (χ4v) is 3.80. The molecule has 0 aromatic carbocycles. The summed E-state index contributed by atoms with van der Waals surface area (Å²) in [5.41, 5.74) is 0. The summed E-state index contributed by atoms with van der Waals surface area (Å²) in [6.45, 7) is 7.47. The molecule has 1 aliphatic rings. The fourth-order valence-electron chi connectivity index (χ4n) is 3.80. The van der Waals surface area contributed by atoms with Gasteiger partial charge in [-0.05, 0) is 38.0 Å². The highest BCUT2D eigenvalue weighted by Gasteiger charge is 2.36. The van der Waals surface area contributed by atoms with Gasteiger partial charge in [-0.1, -0.05) is 84.3 Å². The highest BCUT2D eigenvalue weighted by atomic mass is 16.5. The second kappa shape index (κ2) is 16.5. The van der Waals surface area contributed by atoms with E-state index in [2.05, 4.69) is 20.8 Å². The third-order valence-corrected chi connectivity index (χ3v) is 5.70. The second-order valence-electron chi connectivity index (χ2n) is 8.86. The highest BCUT2D eigenvalue weighted by molar-refractivity contribution is 5.82. The van der Waals surface area contributed by atoms with Crippen LogP contribution in [0.4, 0.5) is 0 Å². The molecule has 0 spiro atoms. The van der Waals surface area contributed by atoms with Crippen LogP contribution >= 0.6 is 0 Å². The molecule has 0 saturated carbocycles. The molecule has 0 aromatic rings. The number of hydrogen-bond donors (Lipinski definition) is 0. The summed E-state index contributed by atoms with van der Waals surface area (Å²) in [5, 5.41) is 0. The van der Waals surface area contributed by atoms with E-state index in [4.69, 9.17) is 9.47 Å². The number of rotatable bonds is 16.